The van der Waals surface area contributed by atoms with Gasteiger partial charge in [-0.15, -0.1) is 0 Å². The number of hydrogen-bond acceptors (Lipinski definition) is 1. The fourth-order valence-electron chi connectivity index (χ4n) is 1.91. The summed E-state index contributed by atoms with van der Waals surface area (Å²) < 4.78 is 2.19. The van der Waals surface area contributed by atoms with Crippen LogP contribution in [0.4, 0.5) is 0 Å². The number of aryl methyl sites for hydroxylation is 1. The second kappa shape index (κ2) is 3.24. The molecule has 1 aromatic heterocycles. The molecule has 0 atom stereocenters. The first-order chi connectivity index (χ1) is 6.33. The number of rotatable bonds is 1. The molecule has 0 saturated heterocycles. The topological polar surface area (TPSA) is 34.0 Å². The van der Waals surface area contributed by atoms with Gasteiger partial charge in [-0.25, -0.2) is 0 Å². The van der Waals surface area contributed by atoms with Gasteiger partial charge in [0.05, 0.1) is 5.56 Å². The van der Waals surface area contributed by atoms with E-state index in [2.05, 4.69) is 9.88 Å². The van der Waals surface area contributed by atoms with Crippen LogP contribution in [0.15, 0.2) is 12.3 Å². The smallest absolute Gasteiger partial charge is 0.252 e. The first kappa shape index (κ1) is 8.35. The second-order valence-corrected chi connectivity index (χ2v) is 3.41. The zero-order valence-electron chi connectivity index (χ0n) is 7.84. The van der Waals surface area contributed by atoms with Crippen LogP contribution < -0.4 is 5.32 Å². The molecule has 0 spiro atoms. The van der Waals surface area contributed by atoms with Crippen molar-refractivity contribution < 1.29 is 4.79 Å². The van der Waals surface area contributed by atoms with E-state index >= 15 is 0 Å². The third-order valence-corrected chi connectivity index (χ3v) is 2.61. The molecule has 0 fully saturated rings. The van der Waals surface area contributed by atoms with Gasteiger partial charge in [0.25, 0.3) is 5.91 Å². The fourth-order valence-corrected chi connectivity index (χ4v) is 1.91. The van der Waals surface area contributed by atoms with Crippen LogP contribution in [0.25, 0.3) is 0 Å². The molecule has 2 rings (SSSR count). The van der Waals surface area contributed by atoms with E-state index in [1.807, 2.05) is 12.3 Å². The third-order valence-electron chi connectivity index (χ3n) is 2.61. The molecule has 0 aliphatic carbocycles. The maximum atomic E-state index is 11.4. The third kappa shape index (κ3) is 1.34. The highest BCUT2D eigenvalue weighted by Gasteiger charge is 2.16. The van der Waals surface area contributed by atoms with Crippen molar-refractivity contribution >= 4 is 5.91 Å². The molecule has 1 amide bonds. The molecule has 3 nitrogen and oxygen atoms in total. The van der Waals surface area contributed by atoms with Crippen molar-refractivity contribution in [3.63, 3.8) is 0 Å². The first-order valence-corrected chi connectivity index (χ1v) is 4.73. The number of nitrogens with zero attached hydrogens (tertiary/aromatic N) is 1. The Morgan fingerprint density at radius 3 is 3.15 bits per heavy atom. The van der Waals surface area contributed by atoms with E-state index in [0.29, 0.717) is 0 Å². The van der Waals surface area contributed by atoms with Crippen LogP contribution in [-0.4, -0.2) is 17.5 Å². The van der Waals surface area contributed by atoms with Crippen LogP contribution in [0.5, 0.6) is 0 Å². The van der Waals surface area contributed by atoms with Gasteiger partial charge in [-0.3, -0.25) is 4.79 Å². The highest BCUT2D eigenvalue weighted by atomic mass is 16.1. The summed E-state index contributed by atoms with van der Waals surface area (Å²) in [5.74, 6) is 0.0376. The molecule has 0 aromatic carbocycles. The first-order valence-electron chi connectivity index (χ1n) is 4.73. The van der Waals surface area contributed by atoms with E-state index in [4.69, 9.17) is 0 Å². The Hall–Kier alpha value is -1.25. The Kier molecular flexibility index (Phi) is 2.08. The van der Waals surface area contributed by atoms with Gasteiger partial charge in [-0.05, 0) is 25.3 Å². The average molecular weight is 178 g/mol. The van der Waals surface area contributed by atoms with E-state index in [-0.39, 0.29) is 5.91 Å². The molecule has 13 heavy (non-hydrogen) atoms. The molecule has 3 heteroatoms. The van der Waals surface area contributed by atoms with Gasteiger partial charge in [0.15, 0.2) is 0 Å². The summed E-state index contributed by atoms with van der Waals surface area (Å²) in [6.45, 7) is 1.06. The molecular weight excluding hydrogens is 164 g/mol. The Balaban J connectivity index is 2.36. The predicted molar refractivity (Wildman–Crippen MR) is 50.8 cm³/mol. The summed E-state index contributed by atoms with van der Waals surface area (Å²) >= 11 is 0. The van der Waals surface area contributed by atoms with Gasteiger partial charge in [-0.1, -0.05) is 0 Å². The average Bonchev–Trinajstić information content (AvgIpc) is 2.60. The lowest BCUT2D eigenvalue weighted by atomic mass is 10.1. The van der Waals surface area contributed by atoms with Crippen molar-refractivity contribution in [2.45, 2.75) is 25.8 Å². The normalized spacial score (nSPS) is 15.2. The number of carbonyl (C=O) groups excluding carboxylic acids is 1. The number of hydrogen-bond donors (Lipinski definition) is 1. The molecule has 1 aliphatic heterocycles. The van der Waals surface area contributed by atoms with Crippen LogP contribution in [-0.2, 0) is 13.0 Å². The summed E-state index contributed by atoms with van der Waals surface area (Å²) in [6, 6.07) is 1.92. The zero-order valence-corrected chi connectivity index (χ0v) is 7.84. The van der Waals surface area contributed by atoms with E-state index in [1.54, 1.807) is 7.05 Å². The van der Waals surface area contributed by atoms with Gasteiger partial charge in [0.2, 0.25) is 0 Å². The van der Waals surface area contributed by atoms with Crippen LogP contribution in [0.2, 0.25) is 0 Å². The standard InChI is InChI=1S/C10H14N2O/c1-11-10(13)8-5-7-12-6-3-2-4-9(8)12/h5,7H,2-4,6H2,1H3,(H,11,13). The number of fused-ring (bicyclic) bond motifs is 1. The Bertz CT molecular complexity index is 328. The number of aromatic nitrogens is 1. The highest BCUT2D eigenvalue weighted by Crippen LogP contribution is 2.19. The van der Waals surface area contributed by atoms with Crippen molar-refractivity contribution in [2.75, 3.05) is 7.05 Å². The van der Waals surface area contributed by atoms with Gasteiger partial charge in [0, 0.05) is 25.5 Å². The molecular formula is C10H14N2O. The van der Waals surface area contributed by atoms with E-state index < -0.39 is 0 Å². The fraction of sp³-hybridized carbons (Fsp3) is 0.500. The maximum Gasteiger partial charge on any atom is 0.252 e. The van der Waals surface area contributed by atoms with Gasteiger partial charge in [0.1, 0.15) is 0 Å². The number of carbonyl (C=O) groups is 1. The van der Waals surface area contributed by atoms with Crippen molar-refractivity contribution in [3.05, 3.63) is 23.5 Å². The van der Waals surface area contributed by atoms with Gasteiger partial charge in [-0.2, -0.15) is 0 Å². The quantitative estimate of drug-likeness (QED) is 0.688. The van der Waals surface area contributed by atoms with Crippen molar-refractivity contribution in [2.24, 2.45) is 0 Å². The van der Waals surface area contributed by atoms with Crippen LogP contribution in [0.3, 0.4) is 0 Å². The number of amides is 1. The summed E-state index contributed by atoms with van der Waals surface area (Å²) in [5.41, 5.74) is 2.05. The maximum absolute atomic E-state index is 11.4. The molecule has 70 valence electrons. The van der Waals surface area contributed by atoms with E-state index in [1.165, 1.54) is 18.5 Å². The molecule has 1 aliphatic rings. The monoisotopic (exact) mass is 178 g/mol. The summed E-state index contributed by atoms with van der Waals surface area (Å²) in [7, 11) is 1.68. The lowest BCUT2D eigenvalue weighted by Gasteiger charge is -2.15. The summed E-state index contributed by atoms with van der Waals surface area (Å²) in [4.78, 5) is 11.4. The highest BCUT2D eigenvalue weighted by molar-refractivity contribution is 5.95. The second-order valence-electron chi connectivity index (χ2n) is 3.41. The summed E-state index contributed by atoms with van der Waals surface area (Å²) in [5, 5.41) is 2.67. The molecule has 1 aromatic rings. The van der Waals surface area contributed by atoms with E-state index in [9.17, 15) is 4.79 Å². The predicted octanol–water partition coefficient (Wildman–Crippen LogP) is 1.18. The molecule has 0 saturated carbocycles. The van der Waals surface area contributed by atoms with Crippen molar-refractivity contribution in [3.8, 4) is 0 Å². The lowest BCUT2D eigenvalue weighted by Crippen LogP contribution is -2.20. The SMILES string of the molecule is CNC(=O)c1ccn2c1CCCC2. The minimum absolute atomic E-state index is 0.0376. The Morgan fingerprint density at radius 2 is 2.38 bits per heavy atom. The van der Waals surface area contributed by atoms with Crippen molar-refractivity contribution in [1.29, 1.82) is 0 Å². The van der Waals surface area contributed by atoms with Gasteiger partial charge >= 0.3 is 0 Å². The van der Waals surface area contributed by atoms with Crippen LogP contribution >= 0.6 is 0 Å². The minimum atomic E-state index is 0.0376. The zero-order chi connectivity index (χ0) is 9.26. The molecule has 0 unspecified atom stereocenters. The van der Waals surface area contributed by atoms with Crippen LogP contribution in [0, 0.1) is 0 Å². The van der Waals surface area contributed by atoms with Gasteiger partial charge < -0.3 is 9.88 Å². The van der Waals surface area contributed by atoms with Crippen LogP contribution in [0.1, 0.15) is 28.9 Å². The van der Waals surface area contributed by atoms with Crippen molar-refractivity contribution in [1.82, 2.24) is 9.88 Å². The Morgan fingerprint density at radius 1 is 1.54 bits per heavy atom. The summed E-state index contributed by atoms with van der Waals surface area (Å²) in [6.07, 6.45) is 5.48. The molecule has 0 radical (unpaired) electrons. The lowest BCUT2D eigenvalue weighted by molar-refractivity contribution is 0.0961. The Labute approximate surface area is 77.7 Å². The number of nitrogens with one attached hydrogen (secondary N) is 1. The largest absolute Gasteiger partial charge is 0.355 e. The molecule has 0 bridgehead atoms. The minimum Gasteiger partial charge on any atom is -0.355 e. The van der Waals surface area contributed by atoms with E-state index in [0.717, 1.165) is 18.5 Å². The molecule has 2 heterocycles. The molecule has 1 N–H and O–H groups in total.